The Labute approximate surface area is 130 Å². The maximum Gasteiger partial charge on any atom is 0.262 e. The Bertz CT molecular complexity index is 717. The van der Waals surface area contributed by atoms with Gasteiger partial charge in [-0.1, -0.05) is 27.5 Å². The zero-order valence-electron chi connectivity index (χ0n) is 10.4. The topological polar surface area (TPSA) is 55.4 Å². The molecule has 0 saturated carbocycles. The van der Waals surface area contributed by atoms with Gasteiger partial charge in [0.15, 0.2) is 0 Å². The first-order chi connectivity index (χ1) is 9.42. The van der Waals surface area contributed by atoms with Gasteiger partial charge < -0.3 is 4.74 Å². The number of sulfonamides is 1. The van der Waals surface area contributed by atoms with E-state index >= 15 is 0 Å². The molecule has 0 bridgehead atoms. The minimum absolute atomic E-state index is 0.155. The fourth-order valence-corrected chi connectivity index (χ4v) is 3.08. The third kappa shape index (κ3) is 3.45. The normalized spacial score (nSPS) is 11.2. The van der Waals surface area contributed by atoms with Crippen molar-refractivity contribution in [3.63, 3.8) is 0 Å². The zero-order chi connectivity index (χ0) is 14.8. The lowest BCUT2D eigenvalue weighted by Gasteiger charge is -2.12. The summed E-state index contributed by atoms with van der Waals surface area (Å²) in [4.78, 5) is 0.155. The molecule has 2 aromatic carbocycles. The Morgan fingerprint density at radius 3 is 2.40 bits per heavy atom. The molecule has 0 fully saturated rings. The number of nitrogens with one attached hydrogen (secondary N) is 1. The van der Waals surface area contributed by atoms with Crippen molar-refractivity contribution in [3.05, 3.63) is 52.0 Å². The van der Waals surface area contributed by atoms with Crippen molar-refractivity contribution in [1.82, 2.24) is 0 Å². The van der Waals surface area contributed by atoms with Crippen LogP contribution in [0.4, 0.5) is 5.69 Å². The Kier molecular flexibility index (Phi) is 4.57. The van der Waals surface area contributed by atoms with E-state index in [1.807, 2.05) is 0 Å². The molecule has 0 aliphatic carbocycles. The van der Waals surface area contributed by atoms with Gasteiger partial charge in [0, 0.05) is 9.50 Å². The lowest BCUT2D eigenvalue weighted by Crippen LogP contribution is -2.13. The van der Waals surface area contributed by atoms with Gasteiger partial charge in [-0.25, -0.2) is 8.42 Å². The summed E-state index contributed by atoms with van der Waals surface area (Å²) in [5.74, 6) is 0.398. The minimum Gasteiger partial charge on any atom is -0.495 e. The van der Waals surface area contributed by atoms with Gasteiger partial charge in [0.25, 0.3) is 10.0 Å². The Morgan fingerprint density at radius 1 is 1.15 bits per heavy atom. The van der Waals surface area contributed by atoms with E-state index in [4.69, 9.17) is 16.3 Å². The molecule has 20 heavy (non-hydrogen) atoms. The smallest absolute Gasteiger partial charge is 0.262 e. The second-order valence-corrected chi connectivity index (χ2v) is 6.94. The van der Waals surface area contributed by atoms with E-state index in [-0.39, 0.29) is 4.90 Å². The third-order valence-electron chi connectivity index (χ3n) is 2.53. The summed E-state index contributed by atoms with van der Waals surface area (Å²) in [6, 6.07) is 11.0. The van der Waals surface area contributed by atoms with Gasteiger partial charge in [-0.15, -0.1) is 0 Å². The fraction of sp³-hybridized carbons (Fsp3) is 0.0769. The molecule has 106 valence electrons. The number of hydrogen-bond donors (Lipinski definition) is 1. The van der Waals surface area contributed by atoms with E-state index in [9.17, 15) is 8.42 Å². The summed E-state index contributed by atoms with van der Waals surface area (Å²) in [6.07, 6.45) is 0. The average molecular weight is 377 g/mol. The van der Waals surface area contributed by atoms with Gasteiger partial charge in [0.05, 0.1) is 17.7 Å². The number of ether oxygens (including phenoxy) is 1. The highest BCUT2D eigenvalue weighted by atomic mass is 79.9. The molecule has 2 rings (SSSR count). The van der Waals surface area contributed by atoms with Gasteiger partial charge in [0.1, 0.15) is 5.75 Å². The van der Waals surface area contributed by atoms with Crippen LogP contribution in [0.2, 0.25) is 5.02 Å². The number of benzene rings is 2. The molecule has 0 amide bonds. The summed E-state index contributed by atoms with van der Waals surface area (Å²) in [7, 11) is -2.23. The predicted molar refractivity (Wildman–Crippen MR) is 83.0 cm³/mol. The SMILES string of the molecule is COc1ccc(Cl)cc1NS(=O)(=O)c1ccc(Br)cc1. The monoisotopic (exact) mass is 375 g/mol. The van der Waals surface area contributed by atoms with Crippen LogP contribution in [-0.2, 0) is 10.0 Å². The molecule has 1 N–H and O–H groups in total. The summed E-state index contributed by atoms with van der Waals surface area (Å²) >= 11 is 9.13. The quantitative estimate of drug-likeness (QED) is 0.880. The minimum atomic E-state index is -3.69. The number of halogens is 2. The van der Waals surface area contributed by atoms with Gasteiger partial charge in [-0.05, 0) is 42.5 Å². The first-order valence-electron chi connectivity index (χ1n) is 5.54. The largest absolute Gasteiger partial charge is 0.495 e. The van der Waals surface area contributed by atoms with E-state index < -0.39 is 10.0 Å². The van der Waals surface area contributed by atoms with Gasteiger partial charge >= 0.3 is 0 Å². The molecule has 2 aromatic rings. The third-order valence-corrected chi connectivity index (χ3v) is 4.67. The van der Waals surface area contributed by atoms with Crippen LogP contribution in [0.15, 0.2) is 51.8 Å². The predicted octanol–water partition coefficient (Wildman–Crippen LogP) is 3.91. The van der Waals surface area contributed by atoms with Crippen molar-refractivity contribution in [2.75, 3.05) is 11.8 Å². The summed E-state index contributed by atoms with van der Waals surface area (Å²) in [5.41, 5.74) is 0.294. The van der Waals surface area contributed by atoms with Crippen LogP contribution in [-0.4, -0.2) is 15.5 Å². The maximum absolute atomic E-state index is 12.3. The lowest BCUT2D eigenvalue weighted by atomic mass is 10.3. The highest BCUT2D eigenvalue weighted by Crippen LogP contribution is 2.29. The molecule has 0 unspecified atom stereocenters. The molecular weight excluding hydrogens is 366 g/mol. The van der Waals surface area contributed by atoms with Crippen molar-refractivity contribution in [1.29, 1.82) is 0 Å². The van der Waals surface area contributed by atoms with Crippen molar-refractivity contribution < 1.29 is 13.2 Å². The zero-order valence-corrected chi connectivity index (χ0v) is 13.6. The Morgan fingerprint density at radius 2 is 1.80 bits per heavy atom. The summed E-state index contributed by atoms with van der Waals surface area (Å²) < 4.78 is 32.9. The van der Waals surface area contributed by atoms with E-state index in [1.165, 1.54) is 25.3 Å². The first kappa shape index (κ1) is 15.2. The van der Waals surface area contributed by atoms with Crippen LogP contribution in [0.3, 0.4) is 0 Å². The van der Waals surface area contributed by atoms with Gasteiger partial charge in [-0.2, -0.15) is 0 Å². The molecule has 0 saturated heterocycles. The van der Waals surface area contributed by atoms with Crippen LogP contribution in [0.25, 0.3) is 0 Å². The standard InChI is InChI=1S/C13H11BrClNO3S/c1-19-13-7-4-10(15)8-12(13)16-20(17,18)11-5-2-9(14)3-6-11/h2-8,16H,1H3. The van der Waals surface area contributed by atoms with Crippen LogP contribution < -0.4 is 9.46 Å². The van der Waals surface area contributed by atoms with Crippen LogP contribution in [0.5, 0.6) is 5.75 Å². The van der Waals surface area contributed by atoms with Crippen molar-refractivity contribution in [3.8, 4) is 5.75 Å². The number of rotatable bonds is 4. The maximum atomic E-state index is 12.3. The Hall–Kier alpha value is -1.24. The highest BCUT2D eigenvalue weighted by molar-refractivity contribution is 9.10. The molecule has 0 aliphatic rings. The van der Waals surface area contributed by atoms with Crippen LogP contribution in [0.1, 0.15) is 0 Å². The van der Waals surface area contributed by atoms with Crippen molar-refractivity contribution in [2.45, 2.75) is 4.90 Å². The molecular formula is C13H11BrClNO3S. The first-order valence-corrected chi connectivity index (χ1v) is 8.20. The van der Waals surface area contributed by atoms with Crippen molar-refractivity contribution >= 4 is 43.2 Å². The number of hydrogen-bond acceptors (Lipinski definition) is 3. The van der Waals surface area contributed by atoms with Crippen LogP contribution >= 0.6 is 27.5 Å². The molecule has 0 aromatic heterocycles. The Balaban J connectivity index is 2.37. The van der Waals surface area contributed by atoms with Gasteiger partial charge in [0.2, 0.25) is 0 Å². The van der Waals surface area contributed by atoms with E-state index in [0.29, 0.717) is 16.5 Å². The highest BCUT2D eigenvalue weighted by Gasteiger charge is 2.16. The molecule has 0 atom stereocenters. The second-order valence-electron chi connectivity index (χ2n) is 3.90. The fourth-order valence-electron chi connectivity index (χ4n) is 1.58. The van der Waals surface area contributed by atoms with Crippen LogP contribution in [0, 0.1) is 0 Å². The summed E-state index contributed by atoms with van der Waals surface area (Å²) in [5, 5.41) is 0.416. The molecule has 0 aliphatic heterocycles. The summed E-state index contributed by atoms with van der Waals surface area (Å²) in [6.45, 7) is 0. The number of anilines is 1. The average Bonchev–Trinajstić information content (AvgIpc) is 2.39. The molecule has 4 nitrogen and oxygen atoms in total. The van der Waals surface area contributed by atoms with Crippen molar-refractivity contribution in [2.24, 2.45) is 0 Å². The van der Waals surface area contributed by atoms with E-state index in [1.54, 1.807) is 24.3 Å². The number of methoxy groups -OCH3 is 1. The molecule has 7 heteroatoms. The second kappa shape index (κ2) is 6.03. The van der Waals surface area contributed by atoms with E-state index in [0.717, 1.165) is 4.47 Å². The van der Waals surface area contributed by atoms with E-state index in [2.05, 4.69) is 20.7 Å². The molecule has 0 heterocycles. The molecule has 0 spiro atoms. The molecule has 0 radical (unpaired) electrons. The van der Waals surface area contributed by atoms with Gasteiger partial charge in [-0.3, -0.25) is 4.72 Å². The lowest BCUT2D eigenvalue weighted by molar-refractivity contribution is 0.417.